The Morgan fingerprint density at radius 1 is 1.40 bits per heavy atom. The van der Waals surface area contributed by atoms with Crippen molar-refractivity contribution in [1.29, 1.82) is 0 Å². The number of furan rings is 1. The number of rotatable bonds is 5. The smallest absolute Gasteiger partial charge is 0.338 e. The van der Waals surface area contributed by atoms with Gasteiger partial charge in [0.15, 0.2) is 0 Å². The van der Waals surface area contributed by atoms with Crippen molar-refractivity contribution in [3.05, 3.63) is 58.8 Å². The summed E-state index contributed by atoms with van der Waals surface area (Å²) in [6.45, 7) is 4.24. The first-order chi connectivity index (χ1) is 9.47. The molecule has 106 valence electrons. The Morgan fingerprint density at radius 3 is 2.70 bits per heavy atom. The Morgan fingerprint density at radius 2 is 2.15 bits per heavy atom. The second-order valence-electron chi connectivity index (χ2n) is 4.67. The Kier molecular flexibility index (Phi) is 4.20. The third-order valence-corrected chi connectivity index (χ3v) is 3.06. The van der Waals surface area contributed by atoms with Crippen molar-refractivity contribution in [2.45, 2.75) is 26.4 Å². The molecule has 0 bridgehead atoms. The number of carbonyl (C=O) groups is 1. The number of aryl methyl sites for hydroxylation is 1. The second-order valence-corrected chi connectivity index (χ2v) is 4.67. The molecule has 20 heavy (non-hydrogen) atoms. The summed E-state index contributed by atoms with van der Waals surface area (Å²) in [5.41, 5.74) is 0.367. The average molecular weight is 277 g/mol. The van der Waals surface area contributed by atoms with Crippen LogP contribution in [0.1, 0.15) is 40.4 Å². The maximum absolute atomic E-state index is 13.5. The van der Waals surface area contributed by atoms with Crippen LogP contribution in [0.15, 0.2) is 34.7 Å². The van der Waals surface area contributed by atoms with Gasteiger partial charge in [-0.1, -0.05) is 6.07 Å². The second kappa shape index (κ2) is 5.88. The van der Waals surface area contributed by atoms with E-state index in [0.29, 0.717) is 12.1 Å². The van der Waals surface area contributed by atoms with E-state index in [1.165, 1.54) is 12.1 Å². The van der Waals surface area contributed by atoms with Crippen LogP contribution in [0, 0.1) is 12.7 Å². The minimum atomic E-state index is -1.26. The van der Waals surface area contributed by atoms with Gasteiger partial charge in [0, 0.05) is 6.54 Å². The molecule has 0 fully saturated rings. The van der Waals surface area contributed by atoms with Crippen LogP contribution >= 0.6 is 0 Å². The van der Waals surface area contributed by atoms with Crippen molar-refractivity contribution in [3.8, 4) is 0 Å². The number of carboxylic acids is 1. The molecule has 0 saturated heterocycles. The van der Waals surface area contributed by atoms with Crippen LogP contribution in [0.2, 0.25) is 0 Å². The highest BCUT2D eigenvalue weighted by Gasteiger charge is 2.12. The zero-order valence-corrected chi connectivity index (χ0v) is 11.3. The molecule has 0 aliphatic carbocycles. The lowest BCUT2D eigenvalue weighted by atomic mass is 10.1. The first-order valence-electron chi connectivity index (χ1n) is 6.29. The zero-order chi connectivity index (χ0) is 14.7. The highest BCUT2D eigenvalue weighted by Crippen LogP contribution is 2.17. The SMILES string of the molecule is Cc1ccc(C(C)NCc2ccc(C(=O)O)c(F)c2)o1. The number of hydrogen-bond acceptors (Lipinski definition) is 3. The summed E-state index contributed by atoms with van der Waals surface area (Å²) in [6.07, 6.45) is 0. The van der Waals surface area contributed by atoms with E-state index in [0.717, 1.165) is 11.5 Å². The molecule has 1 heterocycles. The molecule has 2 aromatic rings. The van der Waals surface area contributed by atoms with E-state index in [-0.39, 0.29) is 11.6 Å². The van der Waals surface area contributed by atoms with Gasteiger partial charge in [-0.3, -0.25) is 0 Å². The first-order valence-corrected chi connectivity index (χ1v) is 6.29. The first kappa shape index (κ1) is 14.3. The molecular weight excluding hydrogens is 261 g/mol. The van der Waals surface area contributed by atoms with E-state index in [1.54, 1.807) is 6.07 Å². The van der Waals surface area contributed by atoms with Gasteiger partial charge in [0.2, 0.25) is 0 Å². The van der Waals surface area contributed by atoms with E-state index in [2.05, 4.69) is 5.32 Å². The van der Waals surface area contributed by atoms with Crippen LogP contribution in [0.5, 0.6) is 0 Å². The minimum Gasteiger partial charge on any atom is -0.478 e. The van der Waals surface area contributed by atoms with Crippen molar-refractivity contribution in [1.82, 2.24) is 5.32 Å². The monoisotopic (exact) mass is 277 g/mol. The van der Waals surface area contributed by atoms with Gasteiger partial charge >= 0.3 is 5.97 Å². The predicted molar refractivity (Wildman–Crippen MR) is 72.1 cm³/mol. The normalized spacial score (nSPS) is 12.3. The van der Waals surface area contributed by atoms with Crippen molar-refractivity contribution < 1.29 is 18.7 Å². The van der Waals surface area contributed by atoms with Crippen molar-refractivity contribution >= 4 is 5.97 Å². The van der Waals surface area contributed by atoms with E-state index in [9.17, 15) is 9.18 Å². The Balaban J connectivity index is 2.00. The molecule has 1 aromatic carbocycles. The molecule has 1 aromatic heterocycles. The van der Waals surface area contributed by atoms with Gasteiger partial charge in [0.05, 0.1) is 11.6 Å². The largest absolute Gasteiger partial charge is 0.478 e. The minimum absolute atomic E-state index is 0.00842. The lowest BCUT2D eigenvalue weighted by Gasteiger charge is -2.11. The van der Waals surface area contributed by atoms with E-state index in [1.807, 2.05) is 26.0 Å². The molecule has 0 aliphatic heterocycles. The van der Waals surface area contributed by atoms with Gasteiger partial charge in [0.25, 0.3) is 0 Å². The summed E-state index contributed by atoms with van der Waals surface area (Å²) in [4.78, 5) is 10.7. The van der Waals surface area contributed by atoms with Gasteiger partial charge in [0.1, 0.15) is 17.3 Å². The molecular formula is C15H16FNO3. The molecule has 1 unspecified atom stereocenters. The number of aromatic carboxylic acids is 1. The molecule has 0 saturated carbocycles. The molecule has 4 nitrogen and oxygen atoms in total. The van der Waals surface area contributed by atoms with Gasteiger partial charge in [-0.05, 0) is 43.7 Å². The van der Waals surface area contributed by atoms with Crippen LogP contribution in [0.25, 0.3) is 0 Å². The number of halogens is 1. The fraction of sp³-hybridized carbons (Fsp3) is 0.267. The molecule has 0 radical (unpaired) electrons. The quantitative estimate of drug-likeness (QED) is 0.880. The van der Waals surface area contributed by atoms with Crippen LogP contribution in [-0.4, -0.2) is 11.1 Å². The van der Waals surface area contributed by atoms with Crippen molar-refractivity contribution in [2.24, 2.45) is 0 Å². The van der Waals surface area contributed by atoms with Crippen LogP contribution in [-0.2, 0) is 6.54 Å². The van der Waals surface area contributed by atoms with E-state index >= 15 is 0 Å². The summed E-state index contributed by atoms with van der Waals surface area (Å²) < 4.78 is 19.0. The maximum Gasteiger partial charge on any atom is 0.338 e. The van der Waals surface area contributed by atoms with Crippen molar-refractivity contribution in [2.75, 3.05) is 0 Å². The van der Waals surface area contributed by atoms with Gasteiger partial charge in [-0.15, -0.1) is 0 Å². The summed E-state index contributed by atoms with van der Waals surface area (Å²) >= 11 is 0. The lowest BCUT2D eigenvalue weighted by Crippen LogP contribution is -2.18. The van der Waals surface area contributed by atoms with Crippen LogP contribution in [0.3, 0.4) is 0 Å². The molecule has 5 heteroatoms. The number of nitrogens with one attached hydrogen (secondary N) is 1. The average Bonchev–Trinajstić information content (AvgIpc) is 2.82. The Labute approximate surface area is 116 Å². The zero-order valence-electron chi connectivity index (χ0n) is 11.3. The summed E-state index contributed by atoms with van der Waals surface area (Å²) in [6, 6.07) is 7.87. The van der Waals surface area contributed by atoms with Gasteiger partial charge < -0.3 is 14.8 Å². The third-order valence-electron chi connectivity index (χ3n) is 3.06. The standard InChI is InChI=1S/C15H16FNO3/c1-9-3-6-14(20-9)10(2)17-8-11-4-5-12(15(18)19)13(16)7-11/h3-7,10,17H,8H2,1-2H3,(H,18,19). The van der Waals surface area contributed by atoms with Gasteiger partial charge in [-0.2, -0.15) is 0 Å². The summed E-state index contributed by atoms with van der Waals surface area (Å²) in [7, 11) is 0. The number of benzene rings is 1. The molecule has 0 aliphatic rings. The fourth-order valence-corrected chi connectivity index (χ4v) is 1.90. The van der Waals surface area contributed by atoms with E-state index < -0.39 is 11.8 Å². The molecule has 2 N–H and O–H groups in total. The summed E-state index contributed by atoms with van der Waals surface area (Å²) in [5.74, 6) is -0.338. The fourth-order valence-electron chi connectivity index (χ4n) is 1.90. The molecule has 2 rings (SSSR count). The van der Waals surface area contributed by atoms with E-state index in [4.69, 9.17) is 9.52 Å². The molecule has 0 amide bonds. The number of hydrogen-bond donors (Lipinski definition) is 2. The third kappa shape index (κ3) is 3.24. The predicted octanol–water partition coefficient (Wildman–Crippen LogP) is 3.28. The van der Waals surface area contributed by atoms with Crippen LogP contribution < -0.4 is 5.32 Å². The Hall–Kier alpha value is -2.14. The number of carboxylic acid groups (broad SMARTS) is 1. The van der Waals surface area contributed by atoms with Crippen LogP contribution in [0.4, 0.5) is 4.39 Å². The van der Waals surface area contributed by atoms with Crippen molar-refractivity contribution in [3.63, 3.8) is 0 Å². The Bertz CT molecular complexity index is 621. The van der Waals surface area contributed by atoms with Gasteiger partial charge in [-0.25, -0.2) is 9.18 Å². The molecule has 0 spiro atoms. The highest BCUT2D eigenvalue weighted by molar-refractivity contribution is 5.87. The highest BCUT2D eigenvalue weighted by atomic mass is 19.1. The summed E-state index contributed by atoms with van der Waals surface area (Å²) in [5, 5.41) is 12.0. The lowest BCUT2D eigenvalue weighted by molar-refractivity contribution is 0.0692. The topological polar surface area (TPSA) is 62.5 Å². The maximum atomic E-state index is 13.5. The molecule has 1 atom stereocenters.